The fourth-order valence-corrected chi connectivity index (χ4v) is 2.69. The number of hydrogen-bond donors (Lipinski definition) is 1. The van der Waals surface area contributed by atoms with Crippen molar-refractivity contribution < 1.29 is 13.9 Å². The zero-order chi connectivity index (χ0) is 18.9. The molecule has 1 aliphatic rings. The molecule has 0 atom stereocenters. The molecule has 0 unspecified atom stereocenters. The van der Waals surface area contributed by atoms with Crippen LogP contribution in [0.25, 0.3) is 10.9 Å². The number of fused-ring (bicyclic) bond motifs is 1. The van der Waals surface area contributed by atoms with Crippen molar-refractivity contribution in [3.8, 4) is 0 Å². The predicted octanol–water partition coefficient (Wildman–Crippen LogP) is 4.87. The molecule has 1 aromatic heterocycles. The minimum absolute atomic E-state index is 0.140. The highest BCUT2D eigenvalue weighted by molar-refractivity contribution is 5.79. The summed E-state index contributed by atoms with van der Waals surface area (Å²) >= 11 is 0. The lowest BCUT2D eigenvalue weighted by molar-refractivity contribution is 0.0998. The molecule has 2 aromatic rings. The van der Waals surface area contributed by atoms with Crippen molar-refractivity contribution in [1.29, 1.82) is 0 Å². The molecule has 5 heteroatoms. The quantitative estimate of drug-likeness (QED) is 0.647. The maximum atomic E-state index is 13.3. The van der Waals surface area contributed by atoms with Gasteiger partial charge in [0, 0.05) is 35.4 Å². The van der Waals surface area contributed by atoms with Gasteiger partial charge in [0.1, 0.15) is 5.82 Å². The maximum absolute atomic E-state index is 13.3. The van der Waals surface area contributed by atoms with E-state index in [2.05, 4.69) is 4.98 Å². The van der Waals surface area contributed by atoms with E-state index in [4.69, 9.17) is 9.47 Å². The molecule has 1 N–H and O–H groups in total. The molecule has 0 aliphatic heterocycles. The van der Waals surface area contributed by atoms with Crippen LogP contribution >= 0.6 is 0 Å². The maximum Gasteiger partial charge on any atom is 0.192 e. The Hall–Kier alpha value is -1.72. The molecule has 0 radical (unpaired) electrons. The van der Waals surface area contributed by atoms with Crippen LogP contribution in [0, 0.1) is 12.7 Å². The number of rotatable bonds is 9. The second-order valence-electron chi connectivity index (χ2n) is 6.43. The first kappa shape index (κ1) is 20.6. The summed E-state index contributed by atoms with van der Waals surface area (Å²) in [4.78, 5) is 15.5. The molecule has 1 saturated carbocycles. The van der Waals surface area contributed by atoms with Gasteiger partial charge in [0.2, 0.25) is 0 Å². The SMILES string of the molecule is CC.Cc1c(COCCCCCOC2CC2)[nH]c2ccc(F)cc2c1=O. The number of pyridine rings is 1. The summed E-state index contributed by atoms with van der Waals surface area (Å²) in [6, 6.07) is 4.21. The van der Waals surface area contributed by atoms with Crippen molar-refractivity contribution in [2.45, 2.75) is 65.6 Å². The second kappa shape index (κ2) is 10.4. The highest BCUT2D eigenvalue weighted by Crippen LogP contribution is 2.23. The Morgan fingerprint density at radius 2 is 1.88 bits per heavy atom. The van der Waals surface area contributed by atoms with Crippen LogP contribution in [0.1, 0.15) is 57.2 Å². The number of benzene rings is 1. The van der Waals surface area contributed by atoms with Gasteiger partial charge in [-0.2, -0.15) is 0 Å². The zero-order valence-corrected chi connectivity index (χ0v) is 16.1. The van der Waals surface area contributed by atoms with Crippen LogP contribution in [0.4, 0.5) is 4.39 Å². The number of H-pyrrole nitrogens is 1. The van der Waals surface area contributed by atoms with Gasteiger partial charge in [0.05, 0.1) is 12.7 Å². The van der Waals surface area contributed by atoms with Crippen molar-refractivity contribution >= 4 is 10.9 Å². The van der Waals surface area contributed by atoms with Crippen LogP contribution in [-0.2, 0) is 16.1 Å². The molecule has 144 valence electrons. The summed E-state index contributed by atoms with van der Waals surface area (Å²) in [5, 5.41) is 0.381. The Morgan fingerprint density at radius 1 is 1.15 bits per heavy atom. The number of unbranched alkanes of at least 4 members (excludes halogenated alkanes) is 2. The molecule has 0 saturated heterocycles. The summed E-state index contributed by atoms with van der Waals surface area (Å²) < 4.78 is 24.6. The van der Waals surface area contributed by atoms with Crippen molar-refractivity contribution in [3.05, 3.63) is 45.5 Å². The highest BCUT2D eigenvalue weighted by atomic mass is 19.1. The van der Waals surface area contributed by atoms with E-state index in [1.165, 1.54) is 25.0 Å². The summed E-state index contributed by atoms with van der Waals surface area (Å²) in [6.07, 6.45) is 6.10. The third-order valence-corrected chi connectivity index (χ3v) is 4.36. The number of hydrogen-bond acceptors (Lipinski definition) is 3. The van der Waals surface area contributed by atoms with Crippen LogP contribution in [-0.4, -0.2) is 24.3 Å². The van der Waals surface area contributed by atoms with Gasteiger partial charge in [-0.25, -0.2) is 4.39 Å². The average molecular weight is 363 g/mol. The van der Waals surface area contributed by atoms with E-state index in [0.29, 0.717) is 35.8 Å². The zero-order valence-electron chi connectivity index (χ0n) is 16.1. The predicted molar refractivity (Wildman–Crippen MR) is 103 cm³/mol. The molecule has 1 heterocycles. The van der Waals surface area contributed by atoms with Crippen LogP contribution in [0.3, 0.4) is 0 Å². The fourth-order valence-electron chi connectivity index (χ4n) is 2.69. The fraction of sp³-hybridized carbons (Fsp3) is 0.571. The topological polar surface area (TPSA) is 51.3 Å². The number of nitrogens with one attached hydrogen (secondary N) is 1. The van der Waals surface area contributed by atoms with Crippen LogP contribution in [0.5, 0.6) is 0 Å². The Balaban J connectivity index is 0.00000117. The molecule has 1 fully saturated rings. The minimum Gasteiger partial charge on any atom is -0.378 e. The molecule has 1 aromatic carbocycles. The number of aromatic amines is 1. The second-order valence-corrected chi connectivity index (χ2v) is 6.43. The van der Waals surface area contributed by atoms with Gasteiger partial charge in [0.25, 0.3) is 0 Å². The minimum atomic E-state index is -0.401. The van der Waals surface area contributed by atoms with E-state index >= 15 is 0 Å². The monoisotopic (exact) mass is 363 g/mol. The first-order valence-electron chi connectivity index (χ1n) is 9.65. The third kappa shape index (κ3) is 5.92. The van der Waals surface area contributed by atoms with Gasteiger partial charge in [-0.15, -0.1) is 0 Å². The molecule has 1 aliphatic carbocycles. The largest absolute Gasteiger partial charge is 0.378 e. The summed E-state index contributed by atoms with van der Waals surface area (Å²) in [7, 11) is 0. The van der Waals surface area contributed by atoms with Gasteiger partial charge >= 0.3 is 0 Å². The number of aromatic nitrogens is 1. The van der Waals surface area contributed by atoms with Gasteiger partial charge in [-0.3, -0.25) is 4.79 Å². The van der Waals surface area contributed by atoms with E-state index < -0.39 is 5.82 Å². The Bertz CT molecular complexity index is 753. The molecular formula is C21H30FNO3. The average Bonchev–Trinajstić information content (AvgIpc) is 3.48. The molecule has 0 spiro atoms. The van der Waals surface area contributed by atoms with Gasteiger partial charge in [-0.05, 0) is 57.2 Å². The van der Waals surface area contributed by atoms with Gasteiger partial charge < -0.3 is 14.5 Å². The van der Waals surface area contributed by atoms with Crippen molar-refractivity contribution in [3.63, 3.8) is 0 Å². The van der Waals surface area contributed by atoms with Crippen LogP contribution in [0.15, 0.2) is 23.0 Å². The van der Waals surface area contributed by atoms with Crippen molar-refractivity contribution in [2.75, 3.05) is 13.2 Å². The van der Waals surface area contributed by atoms with E-state index in [0.717, 1.165) is 31.6 Å². The van der Waals surface area contributed by atoms with E-state index in [1.54, 1.807) is 13.0 Å². The standard InChI is InChI=1S/C19H24FNO3.C2H6/c1-13-18(12-23-9-3-2-4-10-24-15-6-7-15)21-17-8-5-14(20)11-16(17)19(13)22;1-2/h5,8,11,15H,2-4,6-7,9-10,12H2,1H3,(H,21,22);1-2H3. The molecule has 3 rings (SSSR count). The van der Waals surface area contributed by atoms with E-state index in [-0.39, 0.29) is 5.43 Å². The van der Waals surface area contributed by atoms with Crippen LogP contribution in [0.2, 0.25) is 0 Å². The smallest absolute Gasteiger partial charge is 0.192 e. The molecular weight excluding hydrogens is 333 g/mol. The lowest BCUT2D eigenvalue weighted by Gasteiger charge is -2.09. The molecule has 0 amide bonds. The first-order chi connectivity index (χ1) is 12.6. The molecule has 4 nitrogen and oxygen atoms in total. The van der Waals surface area contributed by atoms with E-state index in [9.17, 15) is 9.18 Å². The Labute approximate surface area is 154 Å². The lowest BCUT2D eigenvalue weighted by Crippen LogP contribution is -2.13. The summed E-state index contributed by atoms with van der Waals surface area (Å²) in [5.41, 5.74) is 1.85. The van der Waals surface area contributed by atoms with Crippen molar-refractivity contribution in [2.24, 2.45) is 0 Å². The Morgan fingerprint density at radius 3 is 2.62 bits per heavy atom. The number of ether oxygens (including phenoxy) is 2. The molecule has 26 heavy (non-hydrogen) atoms. The van der Waals surface area contributed by atoms with E-state index in [1.807, 2.05) is 13.8 Å². The van der Waals surface area contributed by atoms with Gasteiger partial charge in [-0.1, -0.05) is 13.8 Å². The highest BCUT2D eigenvalue weighted by Gasteiger charge is 2.21. The number of halogens is 1. The third-order valence-electron chi connectivity index (χ3n) is 4.36. The van der Waals surface area contributed by atoms with Crippen LogP contribution < -0.4 is 5.43 Å². The van der Waals surface area contributed by atoms with Gasteiger partial charge in [0.15, 0.2) is 5.43 Å². The summed E-state index contributed by atoms with van der Waals surface area (Å²) in [5.74, 6) is -0.401. The normalized spacial score (nSPS) is 13.5. The van der Waals surface area contributed by atoms with Crippen molar-refractivity contribution in [1.82, 2.24) is 4.98 Å². The first-order valence-corrected chi connectivity index (χ1v) is 9.65. The Kier molecular flexibility index (Phi) is 8.26. The summed E-state index contributed by atoms with van der Waals surface area (Å²) in [6.45, 7) is 7.62. The lowest BCUT2D eigenvalue weighted by atomic mass is 10.1. The molecule has 0 bridgehead atoms.